The summed E-state index contributed by atoms with van der Waals surface area (Å²) in [6.07, 6.45) is 2.42. The molecule has 0 radical (unpaired) electrons. The van der Waals surface area contributed by atoms with Crippen LogP contribution in [0.1, 0.15) is 6.92 Å². The molecule has 0 fully saturated rings. The van der Waals surface area contributed by atoms with Crippen LogP contribution in [0.2, 0.25) is 5.02 Å². The molecular weight excluding hydrogens is 398 g/mol. The largest absolute Gasteiger partial charge is 0.489 e. The molecule has 3 aromatic heterocycles. The van der Waals surface area contributed by atoms with Crippen LogP contribution in [-0.4, -0.2) is 32.4 Å². The number of nitrogens with zero attached hydrogens (tertiary/aromatic N) is 3. The number of halogens is 1. The Morgan fingerprint density at radius 3 is 2.68 bits per heavy atom. The molecule has 0 aliphatic rings. The summed E-state index contributed by atoms with van der Waals surface area (Å²) in [5.41, 5.74) is 1.45. The van der Waals surface area contributed by atoms with Crippen molar-refractivity contribution in [3.05, 3.63) is 70.4 Å². The lowest BCUT2D eigenvalue weighted by Gasteiger charge is -2.09. The second-order valence-corrected chi connectivity index (χ2v) is 7.75. The standard InChI is InChI=1S/C20H16ClN3O3S/c1-12(25)10-27-15-6-7-18(22-9-15)24-11-23-16-8-17(28-19(16)20(24)26)13-2-4-14(21)5-3-13/h2-9,11-12,25H,10H2,1H3. The molecule has 0 spiro atoms. The van der Waals surface area contributed by atoms with E-state index in [9.17, 15) is 9.90 Å². The minimum Gasteiger partial charge on any atom is -0.489 e. The van der Waals surface area contributed by atoms with Crippen LogP contribution >= 0.6 is 22.9 Å². The van der Waals surface area contributed by atoms with Gasteiger partial charge in [-0.1, -0.05) is 23.7 Å². The first kappa shape index (κ1) is 18.6. The smallest absolute Gasteiger partial charge is 0.277 e. The van der Waals surface area contributed by atoms with Gasteiger partial charge in [-0.3, -0.25) is 4.79 Å². The molecule has 28 heavy (non-hydrogen) atoms. The number of hydrogen-bond acceptors (Lipinski definition) is 6. The quantitative estimate of drug-likeness (QED) is 0.536. The lowest BCUT2D eigenvalue weighted by molar-refractivity contribution is 0.122. The van der Waals surface area contributed by atoms with E-state index in [1.165, 1.54) is 28.4 Å². The summed E-state index contributed by atoms with van der Waals surface area (Å²) in [5, 5.41) is 9.94. The van der Waals surface area contributed by atoms with Gasteiger partial charge in [0.05, 0.1) is 17.8 Å². The predicted molar refractivity (Wildman–Crippen MR) is 111 cm³/mol. The zero-order valence-corrected chi connectivity index (χ0v) is 16.4. The summed E-state index contributed by atoms with van der Waals surface area (Å²) in [5.74, 6) is 0.970. The zero-order valence-electron chi connectivity index (χ0n) is 14.9. The first-order valence-electron chi connectivity index (χ1n) is 8.56. The van der Waals surface area contributed by atoms with Gasteiger partial charge >= 0.3 is 0 Å². The second-order valence-electron chi connectivity index (χ2n) is 6.26. The maximum absolute atomic E-state index is 12.9. The molecule has 0 saturated heterocycles. The summed E-state index contributed by atoms with van der Waals surface area (Å²) < 4.78 is 7.36. The monoisotopic (exact) mass is 413 g/mol. The Kier molecular flexibility index (Phi) is 5.13. The molecule has 6 nitrogen and oxygen atoms in total. The van der Waals surface area contributed by atoms with Gasteiger partial charge in [-0.05, 0) is 42.8 Å². The fraction of sp³-hybridized carbons (Fsp3) is 0.150. The van der Waals surface area contributed by atoms with Gasteiger partial charge in [-0.25, -0.2) is 14.5 Å². The highest BCUT2D eigenvalue weighted by Crippen LogP contribution is 2.31. The summed E-state index contributed by atoms with van der Waals surface area (Å²) in [4.78, 5) is 22.6. The van der Waals surface area contributed by atoms with Crippen molar-refractivity contribution < 1.29 is 9.84 Å². The molecule has 1 atom stereocenters. The Morgan fingerprint density at radius 1 is 1.21 bits per heavy atom. The summed E-state index contributed by atoms with van der Waals surface area (Å²) in [6, 6.07) is 12.7. The van der Waals surface area contributed by atoms with Crippen LogP contribution in [-0.2, 0) is 0 Å². The molecule has 4 aromatic rings. The third kappa shape index (κ3) is 3.77. The topological polar surface area (TPSA) is 77.2 Å². The molecule has 1 N–H and O–H groups in total. The van der Waals surface area contributed by atoms with Crippen LogP contribution in [0.15, 0.2) is 59.8 Å². The van der Waals surface area contributed by atoms with E-state index in [0.717, 1.165) is 10.4 Å². The van der Waals surface area contributed by atoms with E-state index >= 15 is 0 Å². The average Bonchev–Trinajstić information content (AvgIpc) is 3.13. The number of thiophene rings is 1. The highest BCUT2D eigenvalue weighted by molar-refractivity contribution is 7.22. The maximum Gasteiger partial charge on any atom is 0.277 e. The molecule has 0 bridgehead atoms. The highest BCUT2D eigenvalue weighted by atomic mass is 35.5. The molecular formula is C20H16ClN3O3S. The van der Waals surface area contributed by atoms with Crippen molar-refractivity contribution in [1.82, 2.24) is 14.5 Å². The molecule has 8 heteroatoms. The summed E-state index contributed by atoms with van der Waals surface area (Å²) in [6.45, 7) is 1.82. The number of hydrogen-bond donors (Lipinski definition) is 1. The van der Waals surface area contributed by atoms with Crippen molar-refractivity contribution in [2.75, 3.05) is 6.61 Å². The molecule has 142 valence electrons. The van der Waals surface area contributed by atoms with E-state index in [0.29, 0.717) is 26.8 Å². The molecule has 0 aliphatic carbocycles. The SMILES string of the molecule is CC(O)COc1ccc(-n2cnc3cc(-c4ccc(Cl)cc4)sc3c2=O)nc1. The van der Waals surface area contributed by atoms with Crippen molar-refractivity contribution in [2.45, 2.75) is 13.0 Å². The molecule has 0 amide bonds. The van der Waals surface area contributed by atoms with Crippen LogP contribution in [0.3, 0.4) is 0 Å². The Labute approximate surface area is 169 Å². The van der Waals surface area contributed by atoms with Crippen LogP contribution in [0.25, 0.3) is 26.5 Å². The first-order chi connectivity index (χ1) is 13.5. The maximum atomic E-state index is 12.9. The molecule has 3 heterocycles. The van der Waals surface area contributed by atoms with Gasteiger partial charge < -0.3 is 9.84 Å². The highest BCUT2D eigenvalue weighted by Gasteiger charge is 2.12. The second kappa shape index (κ2) is 7.71. The van der Waals surface area contributed by atoms with Gasteiger partial charge in [0, 0.05) is 9.90 Å². The van der Waals surface area contributed by atoms with Crippen molar-refractivity contribution in [3.63, 3.8) is 0 Å². The number of rotatable bonds is 5. The number of aromatic nitrogens is 3. The van der Waals surface area contributed by atoms with E-state index in [4.69, 9.17) is 16.3 Å². The van der Waals surface area contributed by atoms with Crippen LogP contribution in [0.4, 0.5) is 0 Å². The van der Waals surface area contributed by atoms with Gasteiger partial charge in [0.1, 0.15) is 29.2 Å². The number of ether oxygens (including phenoxy) is 1. The van der Waals surface area contributed by atoms with Crippen molar-refractivity contribution in [1.29, 1.82) is 0 Å². The molecule has 1 unspecified atom stereocenters. The number of aliphatic hydroxyl groups is 1. The Balaban J connectivity index is 1.68. The Morgan fingerprint density at radius 2 is 2.00 bits per heavy atom. The van der Waals surface area contributed by atoms with E-state index in [1.54, 1.807) is 19.1 Å². The van der Waals surface area contributed by atoms with Crippen LogP contribution in [0, 0.1) is 0 Å². The minimum absolute atomic E-state index is 0.178. The number of benzene rings is 1. The first-order valence-corrected chi connectivity index (χ1v) is 9.75. The Bertz CT molecular complexity index is 1170. The lowest BCUT2D eigenvalue weighted by Crippen LogP contribution is -2.18. The van der Waals surface area contributed by atoms with Crippen molar-refractivity contribution in [2.24, 2.45) is 0 Å². The van der Waals surface area contributed by atoms with Gasteiger partial charge in [0.25, 0.3) is 5.56 Å². The molecule has 0 saturated carbocycles. The predicted octanol–water partition coefficient (Wildman–Crippen LogP) is 3.92. The molecule has 0 aliphatic heterocycles. The van der Waals surface area contributed by atoms with E-state index in [1.807, 2.05) is 30.3 Å². The number of pyridine rings is 1. The van der Waals surface area contributed by atoms with Crippen LogP contribution in [0.5, 0.6) is 5.75 Å². The number of aliphatic hydroxyl groups excluding tert-OH is 1. The molecule has 4 rings (SSSR count). The van der Waals surface area contributed by atoms with Crippen LogP contribution < -0.4 is 10.3 Å². The fourth-order valence-corrected chi connectivity index (χ4v) is 3.82. The summed E-state index contributed by atoms with van der Waals surface area (Å²) >= 11 is 7.33. The Hall–Kier alpha value is -2.74. The lowest BCUT2D eigenvalue weighted by atomic mass is 10.2. The average molecular weight is 414 g/mol. The van der Waals surface area contributed by atoms with Gasteiger partial charge in [-0.15, -0.1) is 11.3 Å². The normalized spacial score (nSPS) is 12.2. The summed E-state index contributed by atoms with van der Waals surface area (Å²) in [7, 11) is 0. The van der Waals surface area contributed by atoms with E-state index < -0.39 is 6.10 Å². The van der Waals surface area contributed by atoms with Gasteiger partial charge in [0.2, 0.25) is 0 Å². The number of fused-ring (bicyclic) bond motifs is 1. The zero-order chi connectivity index (χ0) is 19.7. The van der Waals surface area contributed by atoms with Gasteiger partial charge in [0.15, 0.2) is 0 Å². The third-order valence-electron chi connectivity index (χ3n) is 4.03. The van der Waals surface area contributed by atoms with Gasteiger partial charge in [-0.2, -0.15) is 0 Å². The fourth-order valence-electron chi connectivity index (χ4n) is 2.65. The van der Waals surface area contributed by atoms with Crippen molar-refractivity contribution >= 4 is 33.2 Å². The minimum atomic E-state index is -0.567. The third-order valence-corrected chi connectivity index (χ3v) is 5.44. The van der Waals surface area contributed by atoms with E-state index in [-0.39, 0.29) is 12.2 Å². The van der Waals surface area contributed by atoms with Crippen molar-refractivity contribution in [3.8, 4) is 22.0 Å². The molecule has 1 aromatic carbocycles. The van der Waals surface area contributed by atoms with E-state index in [2.05, 4.69) is 9.97 Å².